The van der Waals surface area contributed by atoms with E-state index < -0.39 is 0 Å². The number of amides is 1. The van der Waals surface area contributed by atoms with E-state index in [0.717, 1.165) is 5.56 Å². The average molecular weight is 378 g/mol. The number of thioether (sulfide) groups is 1. The molecular formula is C17H13ClFN3O2S. The third kappa shape index (κ3) is 5.04. The summed E-state index contributed by atoms with van der Waals surface area (Å²) in [4.78, 5) is 16.1. The Labute approximate surface area is 152 Å². The highest BCUT2D eigenvalue weighted by Gasteiger charge is 2.10. The van der Waals surface area contributed by atoms with Crippen LogP contribution in [0.5, 0.6) is 0 Å². The fraction of sp³-hybridized carbons (Fsp3) is 0.118. The van der Waals surface area contributed by atoms with Crippen LogP contribution in [0.4, 0.5) is 10.1 Å². The van der Waals surface area contributed by atoms with Gasteiger partial charge in [-0.15, -0.1) is 11.8 Å². The molecule has 0 saturated carbocycles. The molecule has 8 heteroatoms. The quantitative estimate of drug-likeness (QED) is 0.689. The van der Waals surface area contributed by atoms with Crippen molar-refractivity contribution in [2.24, 2.45) is 0 Å². The number of carbonyl (C=O) groups is 1. The minimum Gasteiger partial charge on any atom is -0.338 e. The molecule has 1 N–H and O–H groups in total. The molecule has 5 nitrogen and oxygen atoms in total. The summed E-state index contributed by atoms with van der Waals surface area (Å²) < 4.78 is 18.0. The molecule has 128 valence electrons. The monoisotopic (exact) mass is 377 g/mol. The maximum atomic E-state index is 12.8. The van der Waals surface area contributed by atoms with Gasteiger partial charge in [-0.25, -0.2) is 4.39 Å². The van der Waals surface area contributed by atoms with Crippen LogP contribution in [0.3, 0.4) is 0 Å². The number of rotatable bonds is 6. The lowest BCUT2D eigenvalue weighted by Gasteiger charge is -2.03. The van der Waals surface area contributed by atoms with Gasteiger partial charge in [-0.05, 0) is 48.5 Å². The lowest BCUT2D eigenvalue weighted by atomic mass is 10.2. The number of nitrogens with one attached hydrogen (secondary N) is 1. The first-order chi connectivity index (χ1) is 12.1. The molecule has 1 amide bonds. The highest BCUT2D eigenvalue weighted by Crippen LogP contribution is 2.20. The van der Waals surface area contributed by atoms with Gasteiger partial charge < -0.3 is 9.84 Å². The van der Waals surface area contributed by atoms with Crippen LogP contribution in [0.1, 0.15) is 5.89 Å². The molecule has 0 aliphatic heterocycles. The molecular weight excluding hydrogens is 365 g/mol. The maximum absolute atomic E-state index is 12.8. The normalized spacial score (nSPS) is 10.6. The zero-order valence-corrected chi connectivity index (χ0v) is 14.5. The Balaban J connectivity index is 1.48. The van der Waals surface area contributed by atoms with E-state index in [4.69, 9.17) is 16.1 Å². The minimum absolute atomic E-state index is 0.186. The summed E-state index contributed by atoms with van der Waals surface area (Å²) >= 11 is 7.19. The van der Waals surface area contributed by atoms with E-state index in [1.165, 1.54) is 36.0 Å². The number of hydrogen-bond acceptors (Lipinski definition) is 5. The highest BCUT2D eigenvalue weighted by atomic mass is 35.5. The number of nitrogens with zero attached hydrogens (tertiary/aromatic N) is 2. The van der Waals surface area contributed by atoms with Gasteiger partial charge in [0.1, 0.15) is 5.82 Å². The average Bonchev–Trinajstić information content (AvgIpc) is 3.06. The molecule has 0 saturated heterocycles. The van der Waals surface area contributed by atoms with Crippen LogP contribution in [0.25, 0.3) is 11.4 Å². The summed E-state index contributed by atoms with van der Waals surface area (Å²) in [7, 11) is 0. The Hall–Kier alpha value is -2.38. The molecule has 0 unspecified atom stereocenters. The Morgan fingerprint density at radius 1 is 1.16 bits per heavy atom. The first-order valence-electron chi connectivity index (χ1n) is 7.32. The van der Waals surface area contributed by atoms with E-state index in [-0.39, 0.29) is 17.5 Å². The fourth-order valence-corrected chi connectivity index (χ4v) is 2.77. The second-order valence-corrected chi connectivity index (χ2v) is 6.49. The molecule has 0 aliphatic carbocycles. The van der Waals surface area contributed by atoms with Gasteiger partial charge in [0.05, 0.1) is 11.5 Å². The van der Waals surface area contributed by atoms with Gasteiger partial charge in [0.2, 0.25) is 17.6 Å². The van der Waals surface area contributed by atoms with Crippen molar-refractivity contribution < 1.29 is 13.7 Å². The van der Waals surface area contributed by atoms with Crippen LogP contribution < -0.4 is 5.32 Å². The molecule has 0 atom stereocenters. The number of carbonyl (C=O) groups excluding carboxylic acids is 1. The summed E-state index contributed by atoms with van der Waals surface area (Å²) in [5, 5.41) is 7.23. The Kier molecular flexibility index (Phi) is 5.67. The topological polar surface area (TPSA) is 68.0 Å². The van der Waals surface area contributed by atoms with Crippen molar-refractivity contribution in [3.63, 3.8) is 0 Å². The van der Waals surface area contributed by atoms with E-state index in [9.17, 15) is 9.18 Å². The van der Waals surface area contributed by atoms with Crippen molar-refractivity contribution in [2.75, 3.05) is 11.1 Å². The fourth-order valence-electron chi connectivity index (χ4n) is 1.99. The predicted octanol–water partition coefficient (Wildman–Crippen LogP) is 4.40. The zero-order chi connectivity index (χ0) is 17.6. The smallest absolute Gasteiger partial charge is 0.236 e. The number of anilines is 1. The molecule has 1 heterocycles. The van der Waals surface area contributed by atoms with Crippen LogP contribution in [-0.2, 0) is 10.5 Å². The van der Waals surface area contributed by atoms with Crippen LogP contribution in [0.2, 0.25) is 5.02 Å². The summed E-state index contributed by atoms with van der Waals surface area (Å²) in [5.74, 6) is 1.01. The highest BCUT2D eigenvalue weighted by molar-refractivity contribution is 7.99. The van der Waals surface area contributed by atoms with Crippen molar-refractivity contribution in [1.29, 1.82) is 0 Å². The Morgan fingerprint density at radius 3 is 2.60 bits per heavy atom. The number of halogens is 2. The molecule has 0 fully saturated rings. The molecule has 1 aromatic heterocycles. The van der Waals surface area contributed by atoms with Crippen LogP contribution >= 0.6 is 23.4 Å². The van der Waals surface area contributed by atoms with E-state index in [1.807, 2.05) is 0 Å². The summed E-state index contributed by atoms with van der Waals surface area (Å²) in [6.45, 7) is 0. The van der Waals surface area contributed by atoms with Crippen molar-refractivity contribution in [2.45, 2.75) is 5.75 Å². The van der Waals surface area contributed by atoms with Crippen molar-refractivity contribution in [3.8, 4) is 11.4 Å². The standard InChI is InChI=1S/C17H13ClFN3O2S/c18-12-3-1-11(2-4-12)17-21-16(24-22-17)10-25-9-15(23)20-14-7-5-13(19)6-8-14/h1-8H,9-10H2,(H,20,23). The van der Waals surface area contributed by atoms with E-state index in [0.29, 0.717) is 28.2 Å². The zero-order valence-electron chi connectivity index (χ0n) is 12.9. The molecule has 3 aromatic rings. The summed E-state index contributed by atoms with van der Waals surface area (Å²) in [5.41, 5.74) is 1.35. The van der Waals surface area contributed by atoms with E-state index in [2.05, 4.69) is 15.5 Å². The number of benzene rings is 2. The lowest BCUT2D eigenvalue weighted by molar-refractivity contribution is -0.113. The van der Waals surface area contributed by atoms with Gasteiger partial charge in [-0.2, -0.15) is 4.98 Å². The summed E-state index contributed by atoms with van der Waals surface area (Å²) in [6.07, 6.45) is 0. The van der Waals surface area contributed by atoms with Crippen molar-refractivity contribution in [3.05, 3.63) is 65.3 Å². The first-order valence-corrected chi connectivity index (χ1v) is 8.85. The first kappa shape index (κ1) is 17.4. The molecule has 0 radical (unpaired) electrons. The molecule has 0 bridgehead atoms. The molecule has 0 aliphatic rings. The van der Waals surface area contributed by atoms with Gasteiger partial charge in [0.15, 0.2) is 0 Å². The lowest BCUT2D eigenvalue weighted by Crippen LogP contribution is -2.14. The third-order valence-electron chi connectivity index (χ3n) is 3.16. The molecule has 2 aromatic carbocycles. The molecule has 3 rings (SSSR count). The van der Waals surface area contributed by atoms with Crippen molar-refractivity contribution >= 4 is 35.0 Å². The third-order valence-corrected chi connectivity index (χ3v) is 4.33. The SMILES string of the molecule is O=C(CSCc1nc(-c2ccc(Cl)cc2)no1)Nc1ccc(F)cc1. The van der Waals surface area contributed by atoms with Gasteiger partial charge >= 0.3 is 0 Å². The van der Waals surface area contributed by atoms with Crippen LogP contribution in [0.15, 0.2) is 53.1 Å². The predicted molar refractivity (Wildman–Crippen MR) is 95.9 cm³/mol. The van der Waals surface area contributed by atoms with Crippen molar-refractivity contribution in [1.82, 2.24) is 10.1 Å². The number of hydrogen-bond donors (Lipinski definition) is 1. The summed E-state index contributed by atoms with van der Waals surface area (Å²) in [6, 6.07) is 12.7. The van der Waals surface area contributed by atoms with E-state index >= 15 is 0 Å². The second kappa shape index (κ2) is 8.13. The van der Waals surface area contributed by atoms with Gasteiger partial charge in [0.25, 0.3) is 0 Å². The van der Waals surface area contributed by atoms with Gasteiger partial charge in [0, 0.05) is 16.3 Å². The van der Waals surface area contributed by atoms with Crippen LogP contribution in [0, 0.1) is 5.82 Å². The second-order valence-electron chi connectivity index (χ2n) is 5.07. The van der Waals surface area contributed by atoms with Crippen LogP contribution in [-0.4, -0.2) is 21.8 Å². The minimum atomic E-state index is -0.347. The Bertz CT molecular complexity index is 853. The largest absolute Gasteiger partial charge is 0.338 e. The van der Waals surface area contributed by atoms with Gasteiger partial charge in [-0.3, -0.25) is 4.79 Å². The molecule has 0 spiro atoms. The number of aromatic nitrogens is 2. The van der Waals surface area contributed by atoms with Gasteiger partial charge in [-0.1, -0.05) is 16.8 Å². The van der Waals surface area contributed by atoms with E-state index in [1.54, 1.807) is 24.3 Å². The maximum Gasteiger partial charge on any atom is 0.236 e. The Morgan fingerprint density at radius 2 is 1.88 bits per heavy atom. The molecule has 25 heavy (non-hydrogen) atoms.